The Labute approximate surface area is 182 Å². The van der Waals surface area contributed by atoms with E-state index in [-0.39, 0.29) is 18.2 Å². The SMILES string of the molecule is CCOCc1nnc(NC(=O)C2CC(=O)N(CCc3c[nH]c4ccc(Cl)cc34)C2)s1. The molecule has 3 heterocycles. The van der Waals surface area contributed by atoms with Gasteiger partial charge < -0.3 is 19.9 Å². The highest BCUT2D eigenvalue weighted by Gasteiger charge is 2.34. The van der Waals surface area contributed by atoms with Crippen molar-refractivity contribution in [1.29, 1.82) is 0 Å². The summed E-state index contributed by atoms with van der Waals surface area (Å²) in [5.41, 5.74) is 2.11. The number of fused-ring (bicyclic) bond motifs is 1. The number of nitrogens with one attached hydrogen (secondary N) is 2. The predicted octanol–water partition coefficient (Wildman–Crippen LogP) is 3.24. The second-order valence-corrected chi connectivity index (χ2v) is 8.62. The Balaban J connectivity index is 1.32. The fraction of sp³-hybridized carbons (Fsp3) is 0.400. The van der Waals surface area contributed by atoms with Gasteiger partial charge in [0.25, 0.3) is 0 Å². The number of rotatable bonds is 8. The highest BCUT2D eigenvalue weighted by Crippen LogP contribution is 2.25. The molecule has 1 fully saturated rings. The zero-order chi connectivity index (χ0) is 21.1. The molecular formula is C20H22ClN5O3S. The van der Waals surface area contributed by atoms with Gasteiger partial charge in [-0.3, -0.25) is 9.59 Å². The van der Waals surface area contributed by atoms with Crippen LogP contribution in [0.15, 0.2) is 24.4 Å². The molecule has 0 radical (unpaired) electrons. The second kappa shape index (κ2) is 9.11. The van der Waals surface area contributed by atoms with Crippen LogP contribution in [0.5, 0.6) is 0 Å². The van der Waals surface area contributed by atoms with Crippen molar-refractivity contribution in [3.05, 3.63) is 40.0 Å². The van der Waals surface area contributed by atoms with Crippen LogP contribution in [-0.4, -0.2) is 51.6 Å². The molecule has 1 aromatic carbocycles. The molecule has 0 spiro atoms. The van der Waals surface area contributed by atoms with E-state index in [1.54, 1.807) is 4.90 Å². The number of carbonyl (C=O) groups is 2. The fourth-order valence-corrected chi connectivity index (χ4v) is 4.39. The minimum Gasteiger partial charge on any atom is -0.374 e. The van der Waals surface area contributed by atoms with Crippen LogP contribution in [0.4, 0.5) is 5.13 Å². The number of benzene rings is 1. The molecule has 2 amide bonds. The normalized spacial score (nSPS) is 16.5. The molecule has 30 heavy (non-hydrogen) atoms. The van der Waals surface area contributed by atoms with E-state index in [1.165, 1.54) is 11.3 Å². The third-order valence-corrected chi connectivity index (χ3v) is 6.14. The van der Waals surface area contributed by atoms with E-state index in [4.69, 9.17) is 16.3 Å². The van der Waals surface area contributed by atoms with Crippen molar-refractivity contribution in [3.8, 4) is 0 Å². The third kappa shape index (κ3) is 4.63. The van der Waals surface area contributed by atoms with Crippen LogP contribution in [0, 0.1) is 5.92 Å². The Morgan fingerprint density at radius 3 is 3.13 bits per heavy atom. The van der Waals surface area contributed by atoms with Gasteiger partial charge in [-0.1, -0.05) is 22.9 Å². The van der Waals surface area contributed by atoms with Gasteiger partial charge in [0.15, 0.2) is 0 Å². The summed E-state index contributed by atoms with van der Waals surface area (Å²) in [4.78, 5) is 30.0. The van der Waals surface area contributed by atoms with E-state index in [2.05, 4.69) is 20.5 Å². The van der Waals surface area contributed by atoms with Crippen molar-refractivity contribution in [2.75, 3.05) is 25.0 Å². The van der Waals surface area contributed by atoms with Gasteiger partial charge in [0.05, 0.1) is 5.92 Å². The molecule has 0 aliphatic carbocycles. The van der Waals surface area contributed by atoms with Crippen LogP contribution in [0.2, 0.25) is 5.02 Å². The largest absolute Gasteiger partial charge is 0.374 e. The fourth-order valence-electron chi connectivity index (χ4n) is 3.54. The number of amides is 2. The lowest BCUT2D eigenvalue weighted by atomic mass is 10.1. The summed E-state index contributed by atoms with van der Waals surface area (Å²) in [5.74, 6) is -0.611. The van der Waals surface area contributed by atoms with Crippen molar-refractivity contribution in [2.24, 2.45) is 5.92 Å². The van der Waals surface area contributed by atoms with Crippen molar-refractivity contribution in [2.45, 2.75) is 26.4 Å². The monoisotopic (exact) mass is 447 g/mol. The molecule has 1 unspecified atom stereocenters. The number of hydrogen-bond acceptors (Lipinski definition) is 6. The van der Waals surface area contributed by atoms with Gasteiger partial charge in [-0.15, -0.1) is 10.2 Å². The Bertz CT molecular complexity index is 1070. The van der Waals surface area contributed by atoms with Crippen molar-refractivity contribution >= 4 is 50.8 Å². The van der Waals surface area contributed by atoms with Gasteiger partial charge in [0.2, 0.25) is 16.9 Å². The number of carbonyl (C=O) groups excluding carboxylic acids is 2. The van der Waals surface area contributed by atoms with Crippen LogP contribution >= 0.6 is 22.9 Å². The molecule has 4 rings (SSSR count). The smallest absolute Gasteiger partial charge is 0.231 e. The molecule has 0 bridgehead atoms. The Morgan fingerprint density at radius 1 is 1.43 bits per heavy atom. The van der Waals surface area contributed by atoms with Crippen molar-refractivity contribution in [3.63, 3.8) is 0 Å². The number of halogens is 1. The van der Waals surface area contributed by atoms with E-state index in [0.717, 1.165) is 16.5 Å². The van der Waals surface area contributed by atoms with Crippen LogP contribution in [0.1, 0.15) is 23.9 Å². The number of nitrogens with zero attached hydrogens (tertiary/aromatic N) is 3. The summed E-state index contributed by atoms with van der Waals surface area (Å²) in [5, 5.41) is 13.6. The van der Waals surface area contributed by atoms with Crippen molar-refractivity contribution in [1.82, 2.24) is 20.1 Å². The molecule has 1 saturated heterocycles. The predicted molar refractivity (Wildman–Crippen MR) is 116 cm³/mol. The van der Waals surface area contributed by atoms with E-state index in [0.29, 0.717) is 47.9 Å². The maximum absolute atomic E-state index is 12.6. The van der Waals surface area contributed by atoms with Crippen LogP contribution in [-0.2, 0) is 27.4 Å². The van der Waals surface area contributed by atoms with Gasteiger partial charge in [-0.25, -0.2) is 0 Å². The summed E-state index contributed by atoms with van der Waals surface area (Å²) in [6.07, 6.45) is 2.84. The molecule has 8 nitrogen and oxygen atoms in total. The second-order valence-electron chi connectivity index (χ2n) is 7.12. The molecule has 3 aromatic rings. The van der Waals surface area contributed by atoms with Gasteiger partial charge in [-0.2, -0.15) is 0 Å². The van der Waals surface area contributed by atoms with Crippen LogP contribution in [0.25, 0.3) is 10.9 Å². The number of likely N-dealkylation sites (tertiary alicyclic amines) is 1. The molecule has 2 N–H and O–H groups in total. The highest BCUT2D eigenvalue weighted by atomic mass is 35.5. The first-order valence-electron chi connectivity index (χ1n) is 9.77. The number of anilines is 1. The molecule has 1 atom stereocenters. The zero-order valence-corrected chi connectivity index (χ0v) is 18.1. The lowest BCUT2D eigenvalue weighted by Gasteiger charge is -2.16. The third-order valence-electron chi connectivity index (χ3n) is 5.09. The first kappa shape index (κ1) is 20.8. The first-order valence-corrected chi connectivity index (χ1v) is 11.0. The first-order chi connectivity index (χ1) is 14.5. The van der Waals surface area contributed by atoms with E-state index >= 15 is 0 Å². The van der Waals surface area contributed by atoms with Crippen LogP contribution in [0.3, 0.4) is 0 Å². The average molecular weight is 448 g/mol. The number of aromatic amines is 1. The number of ether oxygens (including phenoxy) is 1. The summed E-state index contributed by atoms with van der Waals surface area (Å²) in [6.45, 7) is 3.82. The maximum Gasteiger partial charge on any atom is 0.231 e. The molecule has 1 aliphatic heterocycles. The van der Waals surface area contributed by atoms with E-state index in [9.17, 15) is 9.59 Å². The number of hydrogen-bond donors (Lipinski definition) is 2. The molecule has 1 aliphatic rings. The van der Waals surface area contributed by atoms with Crippen molar-refractivity contribution < 1.29 is 14.3 Å². The average Bonchev–Trinajstić information content (AvgIpc) is 3.43. The minimum atomic E-state index is -0.394. The highest BCUT2D eigenvalue weighted by molar-refractivity contribution is 7.15. The molecule has 158 valence electrons. The molecular weight excluding hydrogens is 426 g/mol. The molecule has 2 aromatic heterocycles. The standard InChI is InChI=1S/C20H22ClN5O3S/c1-2-29-11-17-24-25-20(30-17)23-19(28)13-7-18(27)26(10-13)6-5-12-9-22-16-4-3-14(21)8-15(12)16/h3-4,8-9,13,22H,2,5-7,10-11H2,1H3,(H,23,25,28). The summed E-state index contributed by atoms with van der Waals surface area (Å²) >= 11 is 7.39. The number of aromatic nitrogens is 3. The Morgan fingerprint density at radius 2 is 2.30 bits per heavy atom. The zero-order valence-electron chi connectivity index (χ0n) is 16.5. The lowest BCUT2D eigenvalue weighted by molar-refractivity contribution is -0.128. The van der Waals surface area contributed by atoms with Gasteiger partial charge >= 0.3 is 0 Å². The summed E-state index contributed by atoms with van der Waals surface area (Å²) in [6, 6.07) is 5.71. The molecule has 10 heteroatoms. The lowest BCUT2D eigenvalue weighted by Crippen LogP contribution is -2.30. The number of H-pyrrole nitrogens is 1. The molecule has 0 saturated carbocycles. The minimum absolute atomic E-state index is 0.0117. The summed E-state index contributed by atoms with van der Waals surface area (Å²) in [7, 11) is 0. The van der Waals surface area contributed by atoms with E-state index < -0.39 is 5.92 Å². The van der Waals surface area contributed by atoms with Gasteiger partial charge in [-0.05, 0) is 37.1 Å². The van der Waals surface area contributed by atoms with Crippen LogP contribution < -0.4 is 5.32 Å². The quantitative estimate of drug-likeness (QED) is 0.552. The van der Waals surface area contributed by atoms with E-state index in [1.807, 2.05) is 31.3 Å². The summed E-state index contributed by atoms with van der Waals surface area (Å²) < 4.78 is 5.29. The Kier molecular flexibility index (Phi) is 6.31. The Hall–Kier alpha value is -2.49. The van der Waals surface area contributed by atoms with Gasteiger partial charge in [0, 0.05) is 48.2 Å². The maximum atomic E-state index is 12.6. The topological polar surface area (TPSA) is 100 Å². The van der Waals surface area contributed by atoms with Gasteiger partial charge in [0.1, 0.15) is 11.6 Å².